The summed E-state index contributed by atoms with van der Waals surface area (Å²) in [6.45, 7) is 4.60. The predicted octanol–water partition coefficient (Wildman–Crippen LogP) is 0.778. The number of carbonyl (C=O) groups excluding carboxylic acids is 1. The van der Waals surface area contributed by atoms with Crippen molar-refractivity contribution in [3.8, 4) is 0 Å². The summed E-state index contributed by atoms with van der Waals surface area (Å²) in [5.74, 6) is 0.968. The van der Waals surface area contributed by atoms with Crippen molar-refractivity contribution < 1.29 is 14.7 Å². The van der Waals surface area contributed by atoms with E-state index in [9.17, 15) is 9.59 Å². The van der Waals surface area contributed by atoms with Gasteiger partial charge >= 0.3 is 5.97 Å². The number of hydrogen-bond donors (Lipinski definition) is 2. The quantitative estimate of drug-likeness (QED) is 0.774. The average Bonchev–Trinajstić information content (AvgIpc) is 2.28. The first-order chi connectivity index (χ1) is 8.41. The fraction of sp³-hybridized carbons (Fsp3) is 0.833. The zero-order valence-corrected chi connectivity index (χ0v) is 11.8. The standard InChI is InChI=1S/C12H22N2O3S/c1-8(2)10(13)6-11(15)14-3-4-18-7-9(14)5-12(16)17/h8-10H,3-7,13H2,1-2H3,(H,16,17). The molecule has 0 radical (unpaired) electrons. The van der Waals surface area contributed by atoms with Crippen molar-refractivity contribution in [1.29, 1.82) is 0 Å². The van der Waals surface area contributed by atoms with Gasteiger partial charge in [-0.3, -0.25) is 9.59 Å². The molecule has 1 rings (SSSR count). The minimum Gasteiger partial charge on any atom is -0.481 e. The zero-order valence-electron chi connectivity index (χ0n) is 11.0. The van der Waals surface area contributed by atoms with Gasteiger partial charge in [0.1, 0.15) is 0 Å². The third-order valence-corrected chi connectivity index (χ3v) is 4.32. The molecule has 0 aliphatic carbocycles. The number of nitrogens with zero attached hydrogens (tertiary/aromatic N) is 1. The van der Waals surface area contributed by atoms with Crippen LogP contribution in [0.5, 0.6) is 0 Å². The predicted molar refractivity (Wildman–Crippen MR) is 72.5 cm³/mol. The lowest BCUT2D eigenvalue weighted by atomic mass is 10.0. The number of amides is 1. The van der Waals surface area contributed by atoms with Gasteiger partial charge in [0.25, 0.3) is 0 Å². The van der Waals surface area contributed by atoms with Crippen LogP contribution in [0.4, 0.5) is 0 Å². The van der Waals surface area contributed by atoms with Gasteiger partial charge in [-0.05, 0) is 5.92 Å². The molecule has 0 bridgehead atoms. The van der Waals surface area contributed by atoms with Crippen LogP contribution in [-0.2, 0) is 9.59 Å². The minimum absolute atomic E-state index is 0.0113. The number of hydrogen-bond acceptors (Lipinski definition) is 4. The number of nitrogens with two attached hydrogens (primary N) is 1. The Bertz CT molecular complexity index is 310. The van der Waals surface area contributed by atoms with Gasteiger partial charge in [-0.1, -0.05) is 13.8 Å². The molecule has 18 heavy (non-hydrogen) atoms. The number of carbonyl (C=O) groups is 2. The Morgan fingerprint density at radius 1 is 1.50 bits per heavy atom. The van der Waals surface area contributed by atoms with Crippen LogP contribution in [0.3, 0.4) is 0 Å². The zero-order chi connectivity index (χ0) is 13.7. The summed E-state index contributed by atoms with van der Waals surface area (Å²) in [5.41, 5.74) is 5.90. The van der Waals surface area contributed by atoms with E-state index in [2.05, 4.69) is 0 Å². The first-order valence-electron chi connectivity index (χ1n) is 6.26. The molecule has 2 unspecified atom stereocenters. The summed E-state index contributed by atoms with van der Waals surface area (Å²) in [7, 11) is 0. The number of aliphatic carboxylic acids is 1. The largest absolute Gasteiger partial charge is 0.481 e. The van der Waals surface area contributed by atoms with Crippen LogP contribution in [-0.4, -0.2) is 52.0 Å². The van der Waals surface area contributed by atoms with Gasteiger partial charge in [-0.15, -0.1) is 0 Å². The Morgan fingerprint density at radius 3 is 2.72 bits per heavy atom. The van der Waals surface area contributed by atoms with E-state index < -0.39 is 5.97 Å². The molecule has 2 atom stereocenters. The summed E-state index contributed by atoms with van der Waals surface area (Å²) in [6, 6.07) is -0.342. The summed E-state index contributed by atoms with van der Waals surface area (Å²) < 4.78 is 0. The highest BCUT2D eigenvalue weighted by Gasteiger charge is 2.29. The molecular formula is C12H22N2O3S. The van der Waals surface area contributed by atoms with E-state index in [1.54, 1.807) is 16.7 Å². The van der Waals surface area contributed by atoms with Crippen LogP contribution >= 0.6 is 11.8 Å². The molecular weight excluding hydrogens is 252 g/mol. The number of carboxylic acid groups (broad SMARTS) is 1. The van der Waals surface area contributed by atoms with Gasteiger partial charge < -0.3 is 15.7 Å². The lowest BCUT2D eigenvalue weighted by Crippen LogP contribution is -2.49. The lowest BCUT2D eigenvalue weighted by molar-refractivity contribution is -0.140. The van der Waals surface area contributed by atoms with Crippen LogP contribution in [0.1, 0.15) is 26.7 Å². The lowest BCUT2D eigenvalue weighted by Gasteiger charge is -2.35. The number of rotatable bonds is 5. The van der Waals surface area contributed by atoms with Crippen LogP contribution in [0.15, 0.2) is 0 Å². The third kappa shape index (κ3) is 4.49. The van der Waals surface area contributed by atoms with Crippen molar-refractivity contribution in [2.24, 2.45) is 11.7 Å². The number of carboxylic acids is 1. The second-order valence-corrected chi connectivity index (χ2v) is 6.18. The maximum absolute atomic E-state index is 12.1. The minimum atomic E-state index is -0.853. The highest BCUT2D eigenvalue weighted by atomic mass is 32.2. The van der Waals surface area contributed by atoms with E-state index in [4.69, 9.17) is 10.8 Å². The van der Waals surface area contributed by atoms with Crippen molar-refractivity contribution in [1.82, 2.24) is 4.90 Å². The van der Waals surface area contributed by atoms with Crippen molar-refractivity contribution in [2.45, 2.75) is 38.8 Å². The molecule has 1 amide bonds. The van der Waals surface area contributed by atoms with E-state index in [0.29, 0.717) is 18.7 Å². The molecule has 1 saturated heterocycles. The molecule has 1 fully saturated rings. The summed E-state index contributed by atoms with van der Waals surface area (Å²) >= 11 is 1.70. The molecule has 1 heterocycles. The highest BCUT2D eigenvalue weighted by molar-refractivity contribution is 7.99. The van der Waals surface area contributed by atoms with Crippen molar-refractivity contribution in [3.05, 3.63) is 0 Å². The second kappa shape index (κ2) is 6.99. The fourth-order valence-corrected chi connectivity index (χ4v) is 2.97. The van der Waals surface area contributed by atoms with Gasteiger partial charge in [-0.25, -0.2) is 0 Å². The first-order valence-corrected chi connectivity index (χ1v) is 7.42. The van der Waals surface area contributed by atoms with Gasteiger partial charge in [0.2, 0.25) is 5.91 Å². The summed E-state index contributed by atoms with van der Waals surface area (Å²) in [6.07, 6.45) is 0.327. The van der Waals surface area contributed by atoms with Gasteiger partial charge in [0, 0.05) is 30.5 Å². The van der Waals surface area contributed by atoms with E-state index in [-0.39, 0.29) is 30.3 Å². The van der Waals surface area contributed by atoms with E-state index in [1.165, 1.54) is 0 Å². The third-order valence-electron chi connectivity index (χ3n) is 3.22. The van der Waals surface area contributed by atoms with E-state index in [0.717, 1.165) is 5.75 Å². The maximum atomic E-state index is 12.1. The molecule has 0 aromatic heterocycles. The number of thioether (sulfide) groups is 1. The van der Waals surface area contributed by atoms with E-state index in [1.807, 2.05) is 13.8 Å². The molecule has 3 N–H and O–H groups in total. The smallest absolute Gasteiger partial charge is 0.305 e. The SMILES string of the molecule is CC(C)C(N)CC(=O)N1CCSCC1CC(=O)O. The molecule has 0 spiro atoms. The molecule has 1 aliphatic heterocycles. The topological polar surface area (TPSA) is 83.6 Å². The van der Waals surface area contributed by atoms with Gasteiger partial charge in [-0.2, -0.15) is 11.8 Å². The fourth-order valence-electron chi connectivity index (χ4n) is 1.91. The summed E-state index contributed by atoms with van der Waals surface area (Å²) in [5, 5.41) is 8.86. The normalized spacial score (nSPS) is 22.0. The van der Waals surface area contributed by atoms with Crippen molar-refractivity contribution in [3.63, 3.8) is 0 Å². The van der Waals surface area contributed by atoms with Crippen LogP contribution < -0.4 is 5.73 Å². The van der Waals surface area contributed by atoms with Crippen LogP contribution in [0.25, 0.3) is 0 Å². The molecule has 5 nitrogen and oxygen atoms in total. The Labute approximate surface area is 112 Å². The molecule has 6 heteroatoms. The Balaban J connectivity index is 2.59. The second-order valence-electron chi connectivity index (χ2n) is 5.03. The maximum Gasteiger partial charge on any atom is 0.305 e. The monoisotopic (exact) mass is 274 g/mol. The molecule has 0 aromatic carbocycles. The van der Waals surface area contributed by atoms with Crippen LogP contribution in [0, 0.1) is 5.92 Å². The highest BCUT2D eigenvalue weighted by Crippen LogP contribution is 2.20. The molecule has 0 aromatic rings. The van der Waals surface area contributed by atoms with Crippen LogP contribution in [0.2, 0.25) is 0 Å². The van der Waals surface area contributed by atoms with Crippen molar-refractivity contribution >= 4 is 23.6 Å². The summed E-state index contributed by atoms with van der Waals surface area (Å²) in [4.78, 5) is 24.6. The first kappa shape index (κ1) is 15.3. The molecule has 104 valence electrons. The van der Waals surface area contributed by atoms with Gasteiger partial charge in [0.05, 0.1) is 12.5 Å². The van der Waals surface area contributed by atoms with Gasteiger partial charge in [0.15, 0.2) is 0 Å². The average molecular weight is 274 g/mol. The van der Waals surface area contributed by atoms with Crippen molar-refractivity contribution in [2.75, 3.05) is 18.1 Å². The molecule has 0 saturated carbocycles. The van der Waals surface area contributed by atoms with E-state index >= 15 is 0 Å². The Morgan fingerprint density at radius 2 is 2.17 bits per heavy atom. The molecule has 1 aliphatic rings. The Kier molecular flexibility index (Phi) is 5.95. The Hall–Kier alpha value is -0.750.